The average molecular weight is 300 g/mol. The molecule has 2 rings (SSSR count). The van der Waals surface area contributed by atoms with Gasteiger partial charge in [-0.3, -0.25) is 4.21 Å². The second-order valence-electron chi connectivity index (χ2n) is 5.52. The fourth-order valence-electron chi connectivity index (χ4n) is 2.64. The van der Waals surface area contributed by atoms with Crippen LogP contribution in [0.3, 0.4) is 0 Å². The molecule has 2 atom stereocenters. The van der Waals surface area contributed by atoms with Crippen molar-refractivity contribution in [1.82, 2.24) is 5.32 Å². The van der Waals surface area contributed by atoms with E-state index in [1.807, 2.05) is 12.1 Å². The smallest absolute Gasteiger partial charge is 0.0440 e. The van der Waals surface area contributed by atoms with E-state index < -0.39 is 10.8 Å². The van der Waals surface area contributed by atoms with Crippen molar-refractivity contribution in [2.24, 2.45) is 0 Å². The van der Waals surface area contributed by atoms with Crippen LogP contribution in [0.15, 0.2) is 24.3 Å². The molecule has 106 valence electrons. The highest BCUT2D eigenvalue weighted by Gasteiger charge is 2.31. The average Bonchev–Trinajstić information content (AvgIpc) is 2.32. The van der Waals surface area contributed by atoms with E-state index in [4.69, 9.17) is 11.6 Å². The van der Waals surface area contributed by atoms with Crippen LogP contribution in [0.25, 0.3) is 0 Å². The third kappa shape index (κ3) is 4.30. The number of nitrogens with one attached hydrogen (secondary N) is 1. The van der Waals surface area contributed by atoms with Crippen LogP contribution in [-0.2, 0) is 10.8 Å². The molecule has 0 heterocycles. The summed E-state index contributed by atoms with van der Waals surface area (Å²) in [6.07, 6.45) is 5.06. The van der Waals surface area contributed by atoms with Gasteiger partial charge in [0.05, 0.1) is 0 Å². The lowest BCUT2D eigenvalue weighted by atomic mass is 9.75. The van der Waals surface area contributed by atoms with Crippen LogP contribution < -0.4 is 5.32 Å². The molecule has 0 saturated heterocycles. The molecule has 1 N–H and O–H groups in total. The minimum absolute atomic E-state index is 0.445. The highest BCUT2D eigenvalue weighted by molar-refractivity contribution is 7.84. The zero-order valence-electron chi connectivity index (χ0n) is 11.6. The van der Waals surface area contributed by atoms with Gasteiger partial charge in [0.15, 0.2) is 0 Å². The summed E-state index contributed by atoms with van der Waals surface area (Å²) in [5.41, 5.74) is 1.28. The number of hydrogen-bond acceptors (Lipinski definition) is 2. The lowest BCUT2D eigenvalue weighted by Gasteiger charge is -2.38. The first-order chi connectivity index (χ1) is 9.06. The maximum atomic E-state index is 11.1. The highest BCUT2D eigenvalue weighted by atomic mass is 35.5. The highest BCUT2D eigenvalue weighted by Crippen LogP contribution is 2.40. The first kappa shape index (κ1) is 15.0. The van der Waals surface area contributed by atoms with Gasteiger partial charge in [-0.25, -0.2) is 0 Å². The van der Waals surface area contributed by atoms with E-state index in [0.29, 0.717) is 18.0 Å². The summed E-state index contributed by atoms with van der Waals surface area (Å²) >= 11 is 6.22. The predicted molar refractivity (Wildman–Crippen MR) is 83.4 cm³/mol. The van der Waals surface area contributed by atoms with E-state index in [1.54, 1.807) is 6.26 Å². The molecule has 0 spiro atoms. The van der Waals surface area contributed by atoms with Gasteiger partial charge >= 0.3 is 0 Å². The molecule has 0 aliphatic heterocycles. The zero-order valence-corrected chi connectivity index (χ0v) is 13.1. The van der Waals surface area contributed by atoms with Gasteiger partial charge in [-0.2, -0.15) is 0 Å². The molecule has 0 radical (unpaired) electrons. The molecule has 1 aliphatic carbocycles. The molecule has 19 heavy (non-hydrogen) atoms. The van der Waals surface area contributed by atoms with E-state index in [-0.39, 0.29) is 0 Å². The van der Waals surface area contributed by atoms with Gasteiger partial charge in [0.1, 0.15) is 0 Å². The molecule has 1 saturated carbocycles. The Labute approximate surface area is 123 Å². The second-order valence-corrected chi connectivity index (χ2v) is 7.48. The summed E-state index contributed by atoms with van der Waals surface area (Å²) in [6.45, 7) is 2.18. The van der Waals surface area contributed by atoms with Crippen molar-refractivity contribution in [2.75, 3.05) is 12.0 Å². The molecule has 1 fully saturated rings. The Balaban J connectivity index is 1.74. The Morgan fingerprint density at radius 2 is 2.11 bits per heavy atom. The standard InChI is InChI=1S/C15H22ClNOS/c1-11(7-8-19(2)18)17-13-9-12(10-13)14-5-3-4-6-15(14)16/h3-6,11-13,17H,7-10H2,1-2H3. The number of hydrogen-bond donors (Lipinski definition) is 1. The summed E-state index contributed by atoms with van der Waals surface area (Å²) in [5.74, 6) is 1.38. The fraction of sp³-hybridized carbons (Fsp3) is 0.600. The summed E-state index contributed by atoms with van der Waals surface area (Å²) < 4.78 is 11.1. The van der Waals surface area contributed by atoms with Crippen LogP contribution in [0.5, 0.6) is 0 Å². The van der Waals surface area contributed by atoms with Crippen molar-refractivity contribution in [2.45, 2.75) is 44.2 Å². The molecule has 1 aromatic carbocycles. The quantitative estimate of drug-likeness (QED) is 0.873. The molecule has 0 aromatic heterocycles. The first-order valence-electron chi connectivity index (χ1n) is 6.86. The Morgan fingerprint density at radius 3 is 2.74 bits per heavy atom. The van der Waals surface area contributed by atoms with E-state index >= 15 is 0 Å². The SMILES string of the molecule is CC(CCS(C)=O)NC1CC(c2ccccc2Cl)C1. The summed E-state index contributed by atoms with van der Waals surface area (Å²) in [7, 11) is -0.682. The molecule has 0 amide bonds. The lowest BCUT2D eigenvalue weighted by Crippen LogP contribution is -2.44. The predicted octanol–water partition coefficient (Wildman–Crippen LogP) is 3.33. The summed E-state index contributed by atoms with van der Waals surface area (Å²) in [5, 5.41) is 4.50. The Hall–Kier alpha value is -0.380. The van der Waals surface area contributed by atoms with Crippen LogP contribution in [0.1, 0.15) is 37.7 Å². The molecule has 1 aliphatic rings. The number of rotatable bonds is 6. The summed E-state index contributed by atoms with van der Waals surface area (Å²) in [6, 6.07) is 9.17. The third-order valence-electron chi connectivity index (χ3n) is 3.84. The van der Waals surface area contributed by atoms with Crippen molar-refractivity contribution in [1.29, 1.82) is 0 Å². The van der Waals surface area contributed by atoms with Crippen LogP contribution in [0.2, 0.25) is 5.02 Å². The van der Waals surface area contributed by atoms with E-state index in [1.165, 1.54) is 5.56 Å². The monoisotopic (exact) mass is 299 g/mol. The van der Waals surface area contributed by atoms with E-state index in [0.717, 1.165) is 30.0 Å². The first-order valence-corrected chi connectivity index (χ1v) is 8.97. The van der Waals surface area contributed by atoms with Crippen molar-refractivity contribution in [3.8, 4) is 0 Å². The van der Waals surface area contributed by atoms with Crippen molar-refractivity contribution >= 4 is 22.4 Å². The maximum absolute atomic E-state index is 11.1. The van der Waals surface area contributed by atoms with Crippen molar-refractivity contribution in [3.05, 3.63) is 34.9 Å². The maximum Gasteiger partial charge on any atom is 0.0440 e. The van der Waals surface area contributed by atoms with Gasteiger partial charge < -0.3 is 5.32 Å². The van der Waals surface area contributed by atoms with Gasteiger partial charge in [-0.1, -0.05) is 29.8 Å². The van der Waals surface area contributed by atoms with Crippen LogP contribution in [0.4, 0.5) is 0 Å². The molecule has 0 bridgehead atoms. The zero-order chi connectivity index (χ0) is 13.8. The Morgan fingerprint density at radius 1 is 1.42 bits per heavy atom. The van der Waals surface area contributed by atoms with Crippen molar-refractivity contribution < 1.29 is 4.21 Å². The normalized spacial score (nSPS) is 25.6. The molecule has 2 unspecified atom stereocenters. The van der Waals surface area contributed by atoms with Crippen LogP contribution in [0, 0.1) is 0 Å². The molecule has 2 nitrogen and oxygen atoms in total. The van der Waals surface area contributed by atoms with Gasteiger partial charge in [0, 0.05) is 39.9 Å². The third-order valence-corrected chi connectivity index (χ3v) is 5.00. The Bertz CT molecular complexity index is 446. The van der Waals surface area contributed by atoms with Gasteiger partial charge in [-0.15, -0.1) is 0 Å². The van der Waals surface area contributed by atoms with Crippen molar-refractivity contribution in [3.63, 3.8) is 0 Å². The largest absolute Gasteiger partial charge is 0.311 e. The number of benzene rings is 1. The minimum Gasteiger partial charge on any atom is -0.311 e. The molecule has 1 aromatic rings. The Kier molecular flexibility index (Phi) is 5.43. The summed E-state index contributed by atoms with van der Waals surface area (Å²) in [4.78, 5) is 0. The van der Waals surface area contributed by atoms with Crippen LogP contribution >= 0.6 is 11.6 Å². The van der Waals surface area contributed by atoms with Gasteiger partial charge in [-0.05, 0) is 43.7 Å². The van der Waals surface area contributed by atoms with E-state index in [9.17, 15) is 4.21 Å². The molecular formula is C15H22ClNOS. The number of halogens is 1. The second kappa shape index (κ2) is 6.87. The molecular weight excluding hydrogens is 278 g/mol. The van der Waals surface area contributed by atoms with Gasteiger partial charge in [0.2, 0.25) is 0 Å². The fourth-order valence-corrected chi connectivity index (χ4v) is 3.62. The lowest BCUT2D eigenvalue weighted by molar-refractivity contribution is 0.268. The van der Waals surface area contributed by atoms with Gasteiger partial charge in [0.25, 0.3) is 0 Å². The topological polar surface area (TPSA) is 29.1 Å². The van der Waals surface area contributed by atoms with E-state index in [2.05, 4.69) is 24.4 Å². The molecule has 4 heteroatoms. The van der Waals surface area contributed by atoms with Crippen LogP contribution in [-0.4, -0.2) is 28.3 Å². The minimum atomic E-state index is -0.682.